The van der Waals surface area contributed by atoms with Gasteiger partial charge in [-0.1, -0.05) is 0 Å². The molecule has 0 spiro atoms. The van der Waals surface area contributed by atoms with Gasteiger partial charge in [0.05, 0.1) is 6.54 Å². The van der Waals surface area contributed by atoms with Crippen LogP contribution in [0.3, 0.4) is 0 Å². The van der Waals surface area contributed by atoms with E-state index in [1.807, 2.05) is 0 Å². The first-order valence-corrected chi connectivity index (χ1v) is 1.97. The molecule has 0 aromatic carbocycles. The summed E-state index contributed by atoms with van der Waals surface area (Å²) in [6.45, 7) is 1.49. The molecule has 1 unspecified atom stereocenters. The van der Waals surface area contributed by atoms with Gasteiger partial charge in [-0.2, -0.15) is 0 Å². The molecule has 0 amide bonds. The Balaban J connectivity index is 3.13. The fraction of sp³-hybridized carbons (Fsp3) is 0.750. The zero-order valence-electron chi connectivity index (χ0n) is 4.05. The van der Waals surface area contributed by atoms with E-state index in [1.165, 1.54) is 13.0 Å². The van der Waals surface area contributed by atoms with Crippen LogP contribution in [0.25, 0.3) is 0 Å². The summed E-state index contributed by atoms with van der Waals surface area (Å²) in [4.78, 5) is 12.3. The molecule has 39 valence electrons. The summed E-state index contributed by atoms with van der Waals surface area (Å²) < 4.78 is 0. The van der Waals surface area contributed by atoms with Gasteiger partial charge in [0.25, 0.3) is 0 Å². The number of carbonyl (C=O) groups excluding carboxylic acids is 1. The molecular formula is C4H6NO2. The van der Waals surface area contributed by atoms with Gasteiger partial charge in [0.2, 0.25) is 6.08 Å². The minimum Gasteiger partial charge on any atom is -0.231 e. The Hall–Kier alpha value is -0.660. The van der Waals surface area contributed by atoms with E-state index in [9.17, 15) is 9.90 Å². The Bertz CT molecular complexity index is 83.7. The lowest BCUT2D eigenvalue weighted by Gasteiger charge is -1.86. The first-order valence-electron chi connectivity index (χ1n) is 1.97. The molecular weight excluding hydrogens is 94.0 g/mol. The zero-order valence-corrected chi connectivity index (χ0v) is 4.05. The van der Waals surface area contributed by atoms with Gasteiger partial charge >= 0.3 is 0 Å². The molecule has 0 aliphatic carbocycles. The lowest BCUT2D eigenvalue weighted by atomic mass is 10.4. The van der Waals surface area contributed by atoms with Gasteiger partial charge in [-0.25, -0.2) is 14.9 Å². The Morgan fingerprint density at radius 3 is 2.57 bits per heavy atom. The van der Waals surface area contributed by atoms with Gasteiger partial charge in [-0.3, -0.25) is 0 Å². The van der Waals surface area contributed by atoms with Crippen molar-refractivity contribution in [2.45, 2.75) is 13.0 Å². The third kappa shape index (κ3) is 5.34. The van der Waals surface area contributed by atoms with Crippen molar-refractivity contribution >= 4 is 6.08 Å². The highest BCUT2D eigenvalue weighted by atomic mass is 16.3. The zero-order chi connectivity index (χ0) is 5.70. The molecule has 0 bridgehead atoms. The van der Waals surface area contributed by atoms with Crippen LogP contribution in [-0.4, -0.2) is 18.7 Å². The maximum absolute atomic E-state index is 10.0. The Morgan fingerprint density at radius 1 is 1.86 bits per heavy atom. The van der Waals surface area contributed by atoms with Gasteiger partial charge in [-0.15, -0.1) is 0 Å². The Kier molecular flexibility index (Phi) is 3.19. The smallest absolute Gasteiger partial charge is 0.231 e. The standard InChI is InChI=1S/C4H6NO2/c1-4(7)2-5-3-6/h4H,2H2,1H3. The third-order valence-electron chi connectivity index (χ3n) is 0.413. The van der Waals surface area contributed by atoms with Crippen LogP contribution in [0.4, 0.5) is 0 Å². The maximum Gasteiger partial charge on any atom is 0.235 e. The summed E-state index contributed by atoms with van der Waals surface area (Å²) in [7, 11) is 0. The van der Waals surface area contributed by atoms with Gasteiger partial charge in [0, 0.05) is 0 Å². The first-order chi connectivity index (χ1) is 3.27. The van der Waals surface area contributed by atoms with Gasteiger partial charge < -0.3 is 0 Å². The lowest BCUT2D eigenvalue weighted by molar-refractivity contribution is 0.113. The summed E-state index contributed by atoms with van der Waals surface area (Å²) in [6, 6.07) is 0. The summed E-state index contributed by atoms with van der Waals surface area (Å²) in [6.07, 6.45) is 0.498. The molecule has 0 saturated carbocycles. The quantitative estimate of drug-likeness (QED) is 0.359. The third-order valence-corrected chi connectivity index (χ3v) is 0.413. The van der Waals surface area contributed by atoms with Crippen LogP contribution < -0.4 is 0 Å². The molecule has 0 aliphatic heterocycles. The molecule has 0 aliphatic rings. The predicted octanol–water partition coefficient (Wildman–Crippen LogP) is 0.141. The van der Waals surface area contributed by atoms with E-state index in [-0.39, 0.29) is 6.54 Å². The molecule has 0 aromatic heterocycles. The van der Waals surface area contributed by atoms with E-state index in [1.54, 1.807) is 0 Å². The molecule has 0 fully saturated rings. The molecule has 0 heterocycles. The Labute approximate surface area is 41.7 Å². The number of rotatable bonds is 2. The van der Waals surface area contributed by atoms with E-state index in [0.29, 0.717) is 0 Å². The summed E-state index contributed by atoms with van der Waals surface area (Å²) in [5, 5.41) is 10.0. The van der Waals surface area contributed by atoms with Crippen molar-refractivity contribution < 1.29 is 9.90 Å². The number of aliphatic imine (C=N–C) groups is 1. The number of nitrogens with zero attached hydrogens (tertiary/aromatic N) is 1. The van der Waals surface area contributed by atoms with Crippen molar-refractivity contribution in [2.75, 3.05) is 6.54 Å². The summed E-state index contributed by atoms with van der Waals surface area (Å²) in [5.41, 5.74) is 0. The second kappa shape index (κ2) is 3.53. The second-order valence-electron chi connectivity index (χ2n) is 1.24. The summed E-state index contributed by atoms with van der Waals surface area (Å²) in [5.74, 6) is 0. The predicted molar refractivity (Wildman–Crippen MR) is 23.1 cm³/mol. The molecule has 0 N–H and O–H groups in total. The largest absolute Gasteiger partial charge is 0.235 e. The van der Waals surface area contributed by atoms with Gasteiger partial charge in [0.1, 0.15) is 6.10 Å². The minimum atomic E-state index is -0.776. The first kappa shape index (κ1) is 6.34. The van der Waals surface area contributed by atoms with Crippen molar-refractivity contribution in [3.05, 3.63) is 0 Å². The van der Waals surface area contributed by atoms with E-state index in [0.717, 1.165) is 0 Å². The van der Waals surface area contributed by atoms with Crippen molar-refractivity contribution in [1.82, 2.24) is 0 Å². The van der Waals surface area contributed by atoms with Crippen molar-refractivity contribution in [3.63, 3.8) is 0 Å². The van der Waals surface area contributed by atoms with Crippen LogP contribution >= 0.6 is 0 Å². The number of hydrogen-bond donors (Lipinski definition) is 0. The van der Waals surface area contributed by atoms with Crippen LogP contribution in [0.5, 0.6) is 0 Å². The van der Waals surface area contributed by atoms with Gasteiger partial charge in [-0.05, 0) is 6.92 Å². The molecule has 3 nitrogen and oxygen atoms in total. The summed E-state index contributed by atoms with van der Waals surface area (Å²) >= 11 is 0. The van der Waals surface area contributed by atoms with E-state index in [4.69, 9.17) is 0 Å². The van der Waals surface area contributed by atoms with Crippen LogP contribution in [0.2, 0.25) is 0 Å². The number of hydrogen-bond acceptors (Lipinski definition) is 2. The lowest BCUT2D eigenvalue weighted by Crippen LogP contribution is -2.00. The van der Waals surface area contributed by atoms with E-state index >= 15 is 0 Å². The highest BCUT2D eigenvalue weighted by molar-refractivity contribution is 5.32. The van der Waals surface area contributed by atoms with E-state index < -0.39 is 6.10 Å². The topological polar surface area (TPSA) is 49.3 Å². The fourth-order valence-corrected chi connectivity index (χ4v) is 0.166. The van der Waals surface area contributed by atoms with Crippen molar-refractivity contribution in [3.8, 4) is 0 Å². The van der Waals surface area contributed by atoms with Crippen LogP contribution in [0.1, 0.15) is 6.92 Å². The number of isocyanates is 1. The molecule has 0 aromatic rings. The average Bonchev–Trinajstić information content (AvgIpc) is 1.61. The van der Waals surface area contributed by atoms with Crippen LogP contribution in [-0.2, 0) is 9.90 Å². The molecule has 7 heavy (non-hydrogen) atoms. The van der Waals surface area contributed by atoms with Crippen molar-refractivity contribution in [1.29, 1.82) is 0 Å². The minimum absolute atomic E-state index is 0.0451. The SMILES string of the molecule is CC([O])CN=C=O. The average molecular weight is 100 g/mol. The molecule has 1 radical (unpaired) electrons. The van der Waals surface area contributed by atoms with E-state index in [2.05, 4.69) is 4.99 Å². The fourth-order valence-electron chi connectivity index (χ4n) is 0.166. The second-order valence-corrected chi connectivity index (χ2v) is 1.24. The molecule has 1 atom stereocenters. The molecule has 0 saturated heterocycles. The van der Waals surface area contributed by atoms with Crippen LogP contribution in [0, 0.1) is 0 Å². The highest BCUT2D eigenvalue weighted by Gasteiger charge is 1.90. The Morgan fingerprint density at radius 2 is 2.43 bits per heavy atom. The van der Waals surface area contributed by atoms with Crippen LogP contribution in [0.15, 0.2) is 4.99 Å². The molecule has 0 rings (SSSR count). The monoisotopic (exact) mass is 100 g/mol. The van der Waals surface area contributed by atoms with Gasteiger partial charge in [0.15, 0.2) is 0 Å². The highest BCUT2D eigenvalue weighted by Crippen LogP contribution is 1.77. The normalized spacial score (nSPS) is 12.3. The van der Waals surface area contributed by atoms with Crippen molar-refractivity contribution in [2.24, 2.45) is 4.99 Å². The molecule has 3 heteroatoms. The maximum atomic E-state index is 10.0.